The molecule has 0 saturated carbocycles. The predicted octanol–water partition coefficient (Wildman–Crippen LogP) is 3.22. The van der Waals surface area contributed by atoms with E-state index in [1.165, 1.54) is 12.3 Å². The van der Waals surface area contributed by atoms with Gasteiger partial charge in [-0.15, -0.1) is 0 Å². The highest BCUT2D eigenvalue weighted by molar-refractivity contribution is 7.80. The maximum atomic E-state index is 13.5. The standard InChI is InChI=1S/C22H25F3N4O2S/c1-14-11-29(13-19(31-14)21(32)27-10-15-12-28(2)8-9-30-15)18-6-5-17(22(23,24)25)20-16(18)4-3-7-26-20/h3-7,15,19H,1,8-13H2,2H3,(H,27,32)/t15?,19-/m1/s1. The highest BCUT2D eigenvalue weighted by Gasteiger charge is 2.35. The molecule has 1 aromatic heterocycles. The summed E-state index contributed by atoms with van der Waals surface area (Å²) in [6, 6.07) is 5.83. The third-order valence-electron chi connectivity index (χ3n) is 5.59. The minimum absolute atomic E-state index is 0.0273. The molecule has 2 atom stereocenters. The Morgan fingerprint density at radius 1 is 1.31 bits per heavy atom. The Balaban J connectivity index is 1.52. The zero-order chi connectivity index (χ0) is 22.9. The lowest BCUT2D eigenvalue weighted by atomic mass is 10.1. The minimum atomic E-state index is -4.48. The van der Waals surface area contributed by atoms with Gasteiger partial charge in [0.2, 0.25) is 0 Å². The summed E-state index contributed by atoms with van der Waals surface area (Å²) in [5.74, 6) is 0.496. The molecule has 1 unspecified atom stereocenters. The quantitative estimate of drug-likeness (QED) is 0.695. The second-order valence-corrected chi connectivity index (χ2v) is 8.50. The fourth-order valence-electron chi connectivity index (χ4n) is 4.05. The number of benzene rings is 1. The van der Waals surface area contributed by atoms with Gasteiger partial charge in [0.25, 0.3) is 0 Å². The second-order valence-electron chi connectivity index (χ2n) is 8.06. The van der Waals surface area contributed by atoms with Gasteiger partial charge < -0.3 is 24.6 Å². The molecular formula is C22H25F3N4O2S. The topological polar surface area (TPSA) is 49.9 Å². The van der Waals surface area contributed by atoms with Gasteiger partial charge in [0.05, 0.1) is 36.9 Å². The van der Waals surface area contributed by atoms with Crippen molar-refractivity contribution in [3.8, 4) is 0 Å². The fraction of sp³-hybridized carbons (Fsp3) is 0.455. The number of morpholine rings is 2. The molecule has 2 aromatic rings. The number of ether oxygens (including phenoxy) is 2. The highest BCUT2D eigenvalue weighted by atomic mass is 32.1. The van der Waals surface area contributed by atoms with Crippen LogP contribution >= 0.6 is 12.2 Å². The lowest BCUT2D eigenvalue weighted by molar-refractivity contribution is -0.136. The van der Waals surface area contributed by atoms with E-state index in [2.05, 4.69) is 21.8 Å². The summed E-state index contributed by atoms with van der Waals surface area (Å²) in [4.78, 5) is 8.65. The van der Waals surface area contributed by atoms with Crippen LogP contribution in [0.2, 0.25) is 0 Å². The monoisotopic (exact) mass is 466 g/mol. The van der Waals surface area contributed by atoms with E-state index < -0.39 is 17.8 Å². The van der Waals surface area contributed by atoms with Gasteiger partial charge in [-0.2, -0.15) is 13.2 Å². The van der Waals surface area contributed by atoms with E-state index in [0.717, 1.165) is 19.2 Å². The molecule has 0 aliphatic carbocycles. The molecule has 0 bridgehead atoms. The molecular weight excluding hydrogens is 441 g/mol. The van der Waals surface area contributed by atoms with Gasteiger partial charge >= 0.3 is 6.18 Å². The smallest absolute Gasteiger partial charge is 0.418 e. The maximum absolute atomic E-state index is 13.5. The molecule has 4 rings (SSSR count). The van der Waals surface area contributed by atoms with Crippen LogP contribution in [0, 0.1) is 0 Å². The van der Waals surface area contributed by atoms with E-state index in [4.69, 9.17) is 21.7 Å². The van der Waals surface area contributed by atoms with Crippen molar-refractivity contribution in [2.24, 2.45) is 0 Å². The SMILES string of the molecule is C=C1CN(c2ccc(C(F)(F)F)c3ncccc23)C[C@H](C(=S)NCC2CN(C)CCO2)O1. The lowest BCUT2D eigenvalue weighted by Gasteiger charge is -2.37. The molecule has 1 N–H and O–H groups in total. The molecule has 0 amide bonds. The molecule has 172 valence electrons. The molecule has 0 radical (unpaired) electrons. The molecule has 3 heterocycles. The summed E-state index contributed by atoms with van der Waals surface area (Å²) in [5.41, 5.74) is -0.198. The number of alkyl halides is 3. The average molecular weight is 467 g/mol. The first-order chi connectivity index (χ1) is 15.2. The first kappa shape index (κ1) is 22.8. The Labute approximate surface area is 190 Å². The number of aromatic nitrogens is 1. The van der Waals surface area contributed by atoms with E-state index >= 15 is 0 Å². The van der Waals surface area contributed by atoms with Crippen molar-refractivity contribution in [1.29, 1.82) is 0 Å². The van der Waals surface area contributed by atoms with Crippen molar-refractivity contribution in [1.82, 2.24) is 15.2 Å². The summed E-state index contributed by atoms with van der Waals surface area (Å²) in [5, 5.41) is 3.65. The number of nitrogens with one attached hydrogen (secondary N) is 1. The molecule has 1 aromatic carbocycles. The van der Waals surface area contributed by atoms with Crippen molar-refractivity contribution in [3.05, 3.63) is 48.4 Å². The van der Waals surface area contributed by atoms with Gasteiger partial charge in [0.1, 0.15) is 10.7 Å². The van der Waals surface area contributed by atoms with Crippen molar-refractivity contribution < 1.29 is 22.6 Å². The van der Waals surface area contributed by atoms with Crippen LogP contribution in [0.25, 0.3) is 10.9 Å². The number of halogens is 3. The number of nitrogens with zero attached hydrogens (tertiary/aromatic N) is 3. The van der Waals surface area contributed by atoms with E-state index in [0.29, 0.717) is 48.1 Å². The first-order valence-electron chi connectivity index (χ1n) is 10.3. The van der Waals surface area contributed by atoms with Crippen molar-refractivity contribution in [3.63, 3.8) is 0 Å². The largest absolute Gasteiger partial charge is 0.485 e. The molecule has 2 aliphatic rings. The number of fused-ring (bicyclic) bond motifs is 1. The van der Waals surface area contributed by atoms with Gasteiger partial charge in [-0.05, 0) is 31.3 Å². The van der Waals surface area contributed by atoms with Crippen molar-refractivity contribution in [2.75, 3.05) is 51.3 Å². The van der Waals surface area contributed by atoms with Crippen LogP contribution in [-0.2, 0) is 15.7 Å². The molecule has 6 nitrogen and oxygen atoms in total. The Morgan fingerprint density at radius 2 is 2.12 bits per heavy atom. The van der Waals surface area contributed by atoms with Crippen LogP contribution in [0.3, 0.4) is 0 Å². The lowest BCUT2D eigenvalue weighted by Crippen LogP contribution is -2.51. The second kappa shape index (κ2) is 9.21. The van der Waals surface area contributed by atoms with E-state index in [9.17, 15) is 13.2 Å². The summed E-state index contributed by atoms with van der Waals surface area (Å²) < 4.78 is 52.0. The molecule has 32 heavy (non-hydrogen) atoms. The number of likely N-dealkylation sites (N-methyl/N-ethyl adjacent to an activating group) is 1. The number of pyridine rings is 1. The third-order valence-corrected chi connectivity index (χ3v) is 6.00. The number of thiocarbonyl (C=S) groups is 1. The number of hydrogen-bond donors (Lipinski definition) is 1. The van der Waals surface area contributed by atoms with Crippen molar-refractivity contribution in [2.45, 2.75) is 18.4 Å². The molecule has 2 aliphatic heterocycles. The molecule has 2 saturated heterocycles. The summed E-state index contributed by atoms with van der Waals surface area (Å²) >= 11 is 5.56. The summed E-state index contributed by atoms with van der Waals surface area (Å²) in [6.45, 7) is 7.62. The van der Waals surface area contributed by atoms with Crippen LogP contribution < -0.4 is 10.2 Å². The van der Waals surface area contributed by atoms with E-state index in [1.807, 2.05) is 11.9 Å². The van der Waals surface area contributed by atoms with Crippen LogP contribution in [0.4, 0.5) is 18.9 Å². The summed E-state index contributed by atoms with van der Waals surface area (Å²) in [6.07, 6.45) is -3.56. The Morgan fingerprint density at radius 3 is 2.88 bits per heavy atom. The predicted molar refractivity (Wildman–Crippen MR) is 121 cm³/mol. The Hall–Kier alpha value is -2.43. The first-order valence-corrected chi connectivity index (χ1v) is 10.8. The average Bonchev–Trinajstić information content (AvgIpc) is 2.75. The number of rotatable bonds is 4. The Bertz CT molecular complexity index is 1020. The zero-order valence-electron chi connectivity index (χ0n) is 17.7. The van der Waals surface area contributed by atoms with E-state index in [-0.39, 0.29) is 11.6 Å². The molecule has 0 spiro atoms. The van der Waals surface area contributed by atoms with Gasteiger partial charge in [-0.1, -0.05) is 18.8 Å². The molecule has 10 heteroatoms. The summed E-state index contributed by atoms with van der Waals surface area (Å²) in [7, 11) is 2.04. The normalized spacial score (nSPS) is 22.6. The van der Waals surface area contributed by atoms with Crippen LogP contribution in [0.5, 0.6) is 0 Å². The van der Waals surface area contributed by atoms with Crippen molar-refractivity contribution >= 4 is 33.8 Å². The van der Waals surface area contributed by atoms with Gasteiger partial charge in [0.15, 0.2) is 6.10 Å². The van der Waals surface area contributed by atoms with Gasteiger partial charge in [-0.3, -0.25) is 4.98 Å². The molecule has 2 fully saturated rings. The Kier molecular flexibility index (Phi) is 6.55. The fourth-order valence-corrected chi connectivity index (χ4v) is 4.26. The third kappa shape index (κ3) is 4.97. The maximum Gasteiger partial charge on any atom is 0.418 e. The number of anilines is 1. The highest BCUT2D eigenvalue weighted by Crippen LogP contribution is 2.38. The minimum Gasteiger partial charge on any atom is -0.485 e. The van der Waals surface area contributed by atoms with Crippen LogP contribution in [0.15, 0.2) is 42.8 Å². The van der Waals surface area contributed by atoms with Gasteiger partial charge in [0, 0.05) is 36.9 Å². The van der Waals surface area contributed by atoms with Crippen LogP contribution in [-0.4, -0.2) is 73.5 Å². The van der Waals surface area contributed by atoms with Gasteiger partial charge in [-0.25, -0.2) is 0 Å². The number of hydrogen-bond acceptors (Lipinski definition) is 6. The van der Waals surface area contributed by atoms with Crippen LogP contribution in [0.1, 0.15) is 5.56 Å². The zero-order valence-corrected chi connectivity index (χ0v) is 18.5. The van der Waals surface area contributed by atoms with E-state index in [1.54, 1.807) is 12.1 Å².